The molecule has 5 nitrogen and oxygen atoms in total. The second-order valence-corrected chi connectivity index (χ2v) is 5.10. The van der Waals surface area contributed by atoms with Gasteiger partial charge in [0.15, 0.2) is 0 Å². The molecule has 20 heavy (non-hydrogen) atoms. The fourth-order valence-electron chi connectivity index (χ4n) is 1.82. The van der Waals surface area contributed by atoms with Crippen LogP contribution in [-0.2, 0) is 0 Å². The molecule has 2 rings (SSSR count). The molecule has 0 unspecified atom stereocenters. The van der Waals surface area contributed by atoms with Gasteiger partial charge in [0.2, 0.25) is 0 Å². The third-order valence-electron chi connectivity index (χ3n) is 2.62. The van der Waals surface area contributed by atoms with Crippen LogP contribution in [0.3, 0.4) is 0 Å². The molecule has 0 fully saturated rings. The van der Waals surface area contributed by atoms with Crippen molar-refractivity contribution in [3.63, 3.8) is 0 Å². The van der Waals surface area contributed by atoms with Crippen LogP contribution in [0.2, 0.25) is 0 Å². The smallest absolute Gasteiger partial charge is 0.142 e. The lowest BCUT2D eigenvalue weighted by Crippen LogP contribution is -2.04. The van der Waals surface area contributed by atoms with E-state index in [2.05, 4.69) is 36.5 Å². The Labute approximate surface area is 126 Å². The highest BCUT2D eigenvalue weighted by Gasteiger charge is 2.07. The number of hydrogen-bond donors (Lipinski definition) is 2. The zero-order valence-corrected chi connectivity index (χ0v) is 13.3. The van der Waals surface area contributed by atoms with Gasteiger partial charge in [0.25, 0.3) is 0 Å². The molecule has 1 aromatic carbocycles. The molecule has 0 spiro atoms. The summed E-state index contributed by atoms with van der Waals surface area (Å²) in [5, 5.41) is 6.44. The zero-order chi connectivity index (χ0) is 14.5. The van der Waals surface area contributed by atoms with Crippen LogP contribution in [0.25, 0.3) is 0 Å². The van der Waals surface area contributed by atoms with Crippen molar-refractivity contribution >= 4 is 33.3 Å². The molecule has 0 aliphatic carbocycles. The van der Waals surface area contributed by atoms with Gasteiger partial charge in [-0.3, -0.25) is 0 Å². The summed E-state index contributed by atoms with van der Waals surface area (Å²) in [6.07, 6.45) is 0. The van der Waals surface area contributed by atoms with E-state index in [1.165, 1.54) is 0 Å². The average molecular weight is 337 g/mol. The van der Waals surface area contributed by atoms with Crippen LogP contribution < -0.4 is 15.4 Å². The van der Waals surface area contributed by atoms with Gasteiger partial charge in [0.1, 0.15) is 23.2 Å². The summed E-state index contributed by atoms with van der Waals surface area (Å²) in [5.41, 5.74) is 0.849. The number of anilines is 3. The van der Waals surface area contributed by atoms with Crippen molar-refractivity contribution in [2.75, 3.05) is 24.3 Å². The van der Waals surface area contributed by atoms with E-state index in [9.17, 15) is 0 Å². The number of aromatic nitrogens is 2. The Morgan fingerprint density at radius 1 is 1.20 bits per heavy atom. The fourth-order valence-corrected chi connectivity index (χ4v) is 2.18. The highest BCUT2D eigenvalue weighted by atomic mass is 79.9. The number of nitrogens with zero attached hydrogens (tertiary/aromatic N) is 2. The third kappa shape index (κ3) is 3.60. The Hall–Kier alpha value is -1.82. The molecule has 2 aromatic rings. The van der Waals surface area contributed by atoms with Gasteiger partial charge in [-0.15, -0.1) is 0 Å². The minimum atomic E-state index is 0.708. The monoisotopic (exact) mass is 336 g/mol. The van der Waals surface area contributed by atoms with E-state index in [1.807, 2.05) is 38.1 Å². The van der Waals surface area contributed by atoms with Crippen LogP contribution >= 0.6 is 15.9 Å². The van der Waals surface area contributed by atoms with Gasteiger partial charge in [0.05, 0.1) is 12.8 Å². The third-order valence-corrected chi connectivity index (χ3v) is 3.11. The quantitative estimate of drug-likeness (QED) is 0.871. The summed E-state index contributed by atoms with van der Waals surface area (Å²) in [6, 6.07) is 7.64. The van der Waals surface area contributed by atoms with E-state index in [0.29, 0.717) is 5.82 Å². The molecule has 0 aliphatic heterocycles. The number of rotatable bonds is 5. The van der Waals surface area contributed by atoms with Crippen molar-refractivity contribution in [1.29, 1.82) is 0 Å². The SMILES string of the molecule is CCNc1cc(Nc2cc(Br)ccc2OC)nc(C)n1. The first-order valence-corrected chi connectivity index (χ1v) is 7.11. The lowest BCUT2D eigenvalue weighted by atomic mass is 10.3. The second-order valence-electron chi connectivity index (χ2n) is 4.19. The molecule has 1 heterocycles. The summed E-state index contributed by atoms with van der Waals surface area (Å²) < 4.78 is 6.31. The number of nitrogens with one attached hydrogen (secondary N) is 2. The van der Waals surface area contributed by atoms with Crippen molar-refractivity contribution in [3.8, 4) is 5.75 Å². The summed E-state index contributed by atoms with van der Waals surface area (Å²) in [4.78, 5) is 8.71. The first kappa shape index (κ1) is 14.6. The number of aryl methyl sites for hydroxylation is 1. The Bertz CT molecular complexity index is 604. The van der Waals surface area contributed by atoms with E-state index >= 15 is 0 Å². The Balaban J connectivity index is 2.31. The predicted molar refractivity (Wildman–Crippen MR) is 84.9 cm³/mol. The molecule has 0 saturated carbocycles. The standard InChI is InChI=1S/C14H17BrN4O/c1-4-16-13-8-14(18-9(2)17-13)19-11-7-10(15)5-6-12(11)20-3/h5-8H,4H2,1-3H3,(H2,16,17,18,19). The Kier molecular flexibility index (Phi) is 4.79. The average Bonchev–Trinajstić information content (AvgIpc) is 2.38. The minimum Gasteiger partial charge on any atom is -0.495 e. The molecule has 1 aromatic heterocycles. The fraction of sp³-hybridized carbons (Fsp3) is 0.286. The molecule has 2 N–H and O–H groups in total. The molecular weight excluding hydrogens is 320 g/mol. The predicted octanol–water partition coefficient (Wildman–Crippen LogP) is 3.73. The van der Waals surface area contributed by atoms with E-state index in [-0.39, 0.29) is 0 Å². The van der Waals surface area contributed by atoms with Crippen LogP contribution in [-0.4, -0.2) is 23.6 Å². The van der Waals surface area contributed by atoms with Gasteiger partial charge < -0.3 is 15.4 Å². The Morgan fingerprint density at radius 3 is 2.65 bits per heavy atom. The highest BCUT2D eigenvalue weighted by molar-refractivity contribution is 9.10. The molecule has 0 amide bonds. The van der Waals surface area contributed by atoms with E-state index in [1.54, 1.807) is 7.11 Å². The van der Waals surface area contributed by atoms with Gasteiger partial charge in [-0.2, -0.15) is 0 Å². The lowest BCUT2D eigenvalue weighted by Gasteiger charge is -2.12. The molecule has 0 atom stereocenters. The number of hydrogen-bond acceptors (Lipinski definition) is 5. The minimum absolute atomic E-state index is 0.708. The lowest BCUT2D eigenvalue weighted by molar-refractivity contribution is 0.416. The molecule has 0 radical (unpaired) electrons. The van der Waals surface area contributed by atoms with Crippen molar-refractivity contribution in [2.45, 2.75) is 13.8 Å². The number of ether oxygens (including phenoxy) is 1. The van der Waals surface area contributed by atoms with Crippen molar-refractivity contribution < 1.29 is 4.74 Å². The maximum Gasteiger partial charge on any atom is 0.142 e. The van der Waals surface area contributed by atoms with Gasteiger partial charge in [-0.05, 0) is 32.0 Å². The van der Waals surface area contributed by atoms with Crippen LogP contribution in [0.15, 0.2) is 28.7 Å². The first-order chi connectivity index (χ1) is 9.62. The zero-order valence-electron chi connectivity index (χ0n) is 11.7. The van der Waals surface area contributed by atoms with E-state index in [0.717, 1.165) is 34.1 Å². The van der Waals surface area contributed by atoms with Gasteiger partial charge in [-0.25, -0.2) is 9.97 Å². The maximum atomic E-state index is 5.34. The van der Waals surface area contributed by atoms with Gasteiger partial charge in [-0.1, -0.05) is 15.9 Å². The normalized spacial score (nSPS) is 10.2. The van der Waals surface area contributed by atoms with E-state index in [4.69, 9.17) is 4.74 Å². The van der Waals surface area contributed by atoms with Crippen molar-refractivity contribution in [2.24, 2.45) is 0 Å². The largest absolute Gasteiger partial charge is 0.495 e. The topological polar surface area (TPSA) is 59.1 Å². The molecular formula is C14H17BrN4O. The van der Waals surface area contributed by atoms with Crippen LogP contribution in [0.4, 0.5) is 17.3 Å². The van der Waals surface area contributed by atoms with Crippen molar-refractivity contribution in [3.05, 3.63) is 34.6 Å². The first-order valence-electron chi connectivity index (χ1n) is 6.32. The van der Waals surface area contributed by atoms with Crippen molar-refractivity contribution in [1.82, 2.24) is 9.97 Å². The van der Waals surface area contributed by atoms with Gasteiger partial charge >= 0.3 is 0 Å². The second kappa shape index (κ2) is 6.56. The number of benzene rings is 1. The summed E-state index contributed by atoms with van der Waals surface area (Å²) in [6.45, 7) is 4.71. The Morgan fingerprint density at radius 2 is 1.95 bits per heavy atom. The molecule has 0 saturated heterocycles. The molecule has 0 aliphatic rings. The van der Waals surface area contributed by atoms with Crippen LogP contribution in [0, 0.1) is 6.92 Å². The summed E-state index contributed by atoms with van der Waals surface area (Å²) >= 11 is 3.45. The molecule has 106 valence electrons. The van der Waals surface area contributed by atoms with Crippen LogP contribution in [0.5, 0.6) is 5.75 Å². The number of methoxy groups -OCH3 is 1. The summed E-state index contributed by atoms with van der Waals surface area (Å²) in [5.74, 6) is 3.00. The summed E-state index contributed by atoms with van der Waals surface area (Å²) in [7, 11) is 1.64. The van der Waals surface area contributed by atoms with Gasteiger partial charge in [0, 0.05) is 17.1 Å². The highest BCUT2D eigenvalue weighted by Crippen LogP contribution is 2.30. The van der Waals surface area contributed by atoms with E-state index < -0.39 is 0 Å². The molecule has 0 bridgehead atoms. The molecule has 6 heteroatoms. The maximum absolute atomic E-state index is 5.34. The van der Waals surface area contributed by atoms with Crippen LogP contribution in [0.1, 0.15) is 12.7 Å². The number of halogens is 1.